The molecule has 0 spiro atoms. The van der Waals surface area contributed by atoms with Gasteiger partial charge in [0.15, 0.2) is 0 Å². The van der Waals surface area contributed by atoms with Crippen molar-refractivity contribution in [1.29, 1.82) is 0 Å². The van der Waals surface area contributed by atoms with E-state index in [4.69, 9.17) is 5.73 Å². The van der Waals surface area contributed by atoms with E-state index in [1.165, 1.54) is 0 Å². The highest BCUT2D eigenvalue weighted by atomic mass is 16.2. The molecule has 0 radical (unpaired) electrons. The van der Waals surface area contributed by atoms with Gasteiger partial charge in [-0.15, -0.1) is 0 Å². The van der Waals surface area contributed by atoms with Gasteiger partial charge in [0.1, 0.15) is 0 Å². The standard InChI is InChI=1S/C8H16N2O/c1-5(2)10-8(11)6-3-4-7(6)9/h5-7H,3-4,9H2,1-2H3,(H,10,11)/t6-,7+/m1/s1. The third-order valence-corrected chi connectivity index (χ3v) is 2.10. The van der Waals surface area contributed by atoms with E-state index in [1.807, 2.05) is 13.8 Å². The van der Waals surface area contributed by atoms with E-state index in [2.05, 4.69) is 5.32 Å². The molecule has 1 aliphatic carbocycles. The van der Waals surface area contributed by atoms with Gasteiger partial charge in [-0.3, -0.25) is 4.79 Å². The summed E-state index contributed by atoms with van der Waals surface area (Å²) in [5, 5.41) is 2.86. The minimum Gasteiger partial charge on any atom is -0.354 e. The summed E-state index contributed by atoms with van der Waals surface area (Å²) in [5.74, 6) is 0.205. The highest BCUT2D eigenvalue weighted by Crippen LogP contribution is 2.25. The second-order valence-corrected chi connectivity index (χ2v) is 3.51. The Morgan fingerprint density at radius 2 is 2.18 bits per heavy atom. The van der Waals surface area contributed by atoms with E-state index in [1.54, 1.807) is 0 Å². The zero-order chi connectivity index (χ0) is 8.43. The van der Waals surface area contributed by atoms with E-state index in [0.29, 0.717) is 0 Å². The van der Waals surface area contributed by atoms with Gasteiger partial charge in [0.05, 0.1) is 5.92 Å². The fourth-order valence-corrected chi connectivity index (χ4v) is 1.24. The van der Waals surface area contributed by atoms with Gasteiger partial charge in [-0.1, -0.05) is 0 Å². The first-order chi connectivity index (χ1) is 5.11. The van der Waals surface area contributed by atoms with Crippen LogP contribution in [0.15, 0.2) is 0 Å². The van der Waals surface area contributed by atoms with Crippen molar-refractivity contribution in [2.45, 2.75) is 38.8 Å². The lowest BCUT2D eigenvalue weighted by molar-refractivity contribution is -0.128. The molecule has 1 saturated carbocycles. The van der Waals surface area contributed by atoms with Gasteiger partial charge in [0.25, 0.3) is 0 Å². The van der Waals surface area contributed by atoms with Gasteiger partial charge in [-0.25, -0.2) is 0 Å². The number of hydrogen-bond acceptors (Lipinski definition) is 2. The maximum Gasteiger partial charge on any atom is 0.224 e. The molecule has 1 aliphatic rings. The number of rotatable bonds is 2. The summed E-state index contributed by atoms with van der Waals surface area (Å²) in [7, 11) is 0. The molecule has 0 aromatic rings. The summed E-state index contributed by atoms with van der Waals surface area (Å²) in [6, 6.07) is 0.337. The Bertz CT molecular complexity index is 156. The topological polar surface area (TPSA) is 55.1 Å². The molecule has 11 heavy (non-hydrogen) atoms. The second-order valence-electron chi connectivity index (χ2n) is 3.51. The van der Waals surface area contributed by atoms with Crippen molar-refractivity contribution < 1.29 is 4.79 Å². The fraction of sp³-hybridized carbons (Fsp3) is 0.875. The Morgan fingerprint density at radius 1 is 1.55 bits per heavy atom. The van der Waals surface area contributed by atoms with Crippen LogP contribution in [0, 0.1) is 5.92 Å². The van der Waals surface area contributed by atoms with E-state index in [-0.39, 0.29) is 23.9 Å². The van der Waals surface area contributed by atoms with Crippen LogP contribution in [0.25, 0.3) is 0 Å². The molecule has 0 aromatic carbocycles. The van der Waals surface area contributed by atoms with Gasteiger partial charge in [0, 0.05) is 12.1 Å². The summed E-state index contributed by atoms with van der Waals surface area (Å²) in [6.45, 7) is 3.92. The summed E-state index contributed by atoms with van der Waals surface area (Å²) >= 11 is 0. The minimum absolute atomic E-state index is 0.0809. The average Bonchev–Trinajstić information content (AvgIpc) is 1.82. The lowest BCUT2D eigenvalue weighted by atomic mass is 9.79. The number of hydrogen-bond donors (Lipinski definition) is 2. The van der Waals surface area contributed by atoms with E-state index >= 15 is 0 Å². The van der Waals surface area contributed by atoms with Gasteiger partial charge >= 0.3 is 0 Å². The Balaban J connectivity index is 2.30. The number of amides is 1. The Hall–Kier alpha value is -0.570. The van der Waals surface area contributed by atoms with Crippen molar-refractivity contribution in [3.05, 3.63) is 0 Å². The van der Waals surface area contributed by atoms with E-state index in [9.17, 15) is 4.79 Å². The zero-order valence-electron chi connectivity index (χ0n) is 7.13. The van der Waals surface area contributed by atoms with Crippen molar-refractivity contribution >= 4 is 5.91 Å². The average molecular weight is 156 g/mol. The molecule has 0 unspecified atom stereocenters. The SMILES string of the molecule is CC(C)NC(=O)[C@@H]1CC[C@@H]1N. The molecule has 2 atom stereocenters. The lowest BCUT2D eigenvalue weighted by Crippen LogP contribution is -2.49. The molecule has 3 heteroatoms. The van der Waals surface area contributed by atoms with Crippen LogP contribution >= 0.6 is 0 Å². The predicted octanol–water partition coefficient (Wildman–Crippen LogP) is 0.248. The quantitative estimate of drug-likeness (QED) is 0.602. The van der Waals surface area contributed by atoms with Crippen LogP contribution in [-0.2, 0) is 4.79 Å². The van der Waals surface area contributed by atoms with Gasteiger partial charge in [-0.05, 0) is 26.7 Å². The molecular formula is C8H16N2O. The molecule has 0 bridgehead atoms. The Kier molecular flexibility index (Phi) is 2.49. The molecule has 3 N–H and O–H groups in total. The number of carbonyl (C=O) groups excluding carboxylic acids is 1. The highest BCUT2D eigenvalue weighted by molar-refractivity contribution is 5.80. The van der Waals surface area contributed by atoms with Crippen LogP contribution in [0.5, 0.6) is 0 Å². The molecule has 1 amide bonds. The predicted molar refractivity (Wildman–Crippen MR) is 44.0 cm³/mol. The van der Waals surface area contributed by atoms with Crippen LogP contribution in [0.4, 0.5) is 0 Å². The monoisotopic (exact) mass is 156 g/mol. The van der Waals surface area contributed by atoms with Gasteiger partial charge in [-0.2, -0.15) is 0 Å². The molecular weight excluding hydrogens is 140 g/mol. The van der Waals surface area contributed by atoms with Crippen LogP contribution in [0.2, 0.25) is 0 Å². The van der Waals surface area contributed by atoms with Crippen LogP contribution in [-0.4, -0.2) is 18.0 Å². The molecule has 0 saturated heterocycles. The molecule has 1 fully saturated rings. The van der Waals surface area contributed by atoms with Crippen LogP contribution < -0.4 is 11.1 Å². The summed E-state index contributed by atoms with van der Waals surface area (Å²) in [6.07, 6.45) is 1.95. The van der Waals surface area contributed by atoms with Crippen LogP contribution in [0.1, 0.15) is 26.7 Å². The number of carbonyl (C=O) groups is 1. The molecule has 0 heterocycles. The third kappa shape index (κ3) is 1.93. The van der Waals surface area contributed by atoms with Gasteiger partial charge < -0.3 is 11.1 Å². The molecule has 1 rings (SSSR count). The fourth-order valence-electron chi connectivity index (χ4n) is 1.24. The van der Waals surface area contributed by atoms with Gasteiger partial charge in [0.2, 0.25) is 5.91 Å². The maximum absolute atomic E-state index is 11.3. The summed E-state index contributed by atoms with van der Waals surface area (Å²) < 4.78 is 0. The van der Waals surface area contributed by atoms with E-state index in [0.717, 1.165) is 12.8 Å². The normalized spacial score (nSPS) is 29.8. The first-order valence-electron chi connectivity index (χ1n) is 4.17. The molecule has 0 aliphatic heterocycles. The van der Waals surface area contributed by atoms with Crippen molar-refractivity contribution in [1.82, 2.24) is 5.32 Å². The molecule has 3 nitrogen and oxygen atoms in total. The summed E-state index contributed by atoms with van der Waals surface area (Å²) in [5.41, 5.74) is 5.64. The largest absolute Gasteiger partial charge is 0.354 e. The highest BCUT2D eigenvalue weighted by Gasteiger charge is 2.33. The van der Waals surface area contributed by atoms with Crippen molar-refractivity contribution in [3.63, 3.8) is 0 Å². The van der Waals surface area contributed by atoms with Crippen molar-refractivity contribution in [3.8, 4) is 0 Å². The molecule has 64 valence electrons. The third-order valence-electron chi connectivity index (χ3n) is 2.10. The smallest absolute Gasteiger partial charge is 0.224 e. The number of nitrogens with two attached hydrogens (primary N) is 1. The first kappa shape index (κ1) is 8.53. The second kappa shape index (κ2) is 3.22. The lowest BCUT2D eigenvalue weighted by Gasteiger charge is -2.32. The van der Waals surface area contributed by atoms with Crippen molar-refractivity contribution in [2.24, 2.45) is 11.7 Å². The first-order valence-corrected chi connectivity index (χ1v) is 4.17. The maximum atomic E-state index is 11.3. The molecule has 0 aromatic heterocycles. The van der Waals surface area contributed by atoms with Crippen LogP contribution in [0.3, 0.4) is 0 Å². The minimum atomic E-state index is 0.0809. The Labute approximate surface area is 67.3 Å². The zero-order valence-corrected chi connectivity index (χ0v) is 7.13. The van der Waals surface area contributed by atoms with E-state index < -0.39 is 0 Å². The Morgan fingerprint density at radius 3 is 2.45 bits per heavy atom. The van der Waals surface area contributed by atoms with Crippen molar-refractivity contribution in [2.75, 3.05) is 0 Å². The number of nitrogens with one attached hydrogen (secondary N) is 1. The summed E-state index contributed by atoms with van der Waals surface area (Å²) in [4.78, 5) is 11.3.